The van der Waals surface area contributed by atoms with Gasteiger partial charge in [-0.05, 0) is 0 Å². The smallest absolute Gasteiger partial charge is 0.307 e. The Morgan fingerprint density at radius 2 is 2.07 bits per heavy atom. The van der Waals surface area contributed by atoms with Crippen molar-refractivity contribution in [3.8, 4) is 0 Å². The van der Waals surface area contributed by atoms with Crippen LogP contribution in [0.25, 0.3) is 0 Å². The van der Waals surface area contributed by atoms with Crippen molar-refractivity contribution in [3.05, 3.63) is 0 Å². The Labute approximate surface area is 78.9 Å². The number of rotatable bonds is 3. The third kappa shape index (κ3) is 2.60. The molecule has 1 fully saturated rings. The molecule has 82 valence electrons. The first-order valence-corrected chi connectivity index (χ1v) is 5.24. The van der Waals surface area contributed by atoms with E-state index in [-0.39, 0.29) is 0 Å². The molecule has 1 amide bonds. The van der Waals surface area contributed by atoms with Gasteiger partial charge in [0.2, 0.25) is 5.91 Å². The molecule has 0 N–H and O–H groups in total. The van der Waals surface area contributed by atoms with E-state index in [1.165, 1.54) is 0 Å². The predicted molar refractivity (Wildman–Crippen MR) is 41.0 cm³/mol. The van der Waals surface area contributed by atoms with Crippen LogP contribution < -0.4 is 0 Å². The molecule has 1 aliphatic heterocycles. The van der Waals surface area contributed by atoms with Crippen LogP contribution in [-0.2, 0) is 15.0 Å². The van der Waals surface area contributed by atoms with Gasteiger partial charge in [0.05, 0.1) is 6.54 Å². The van der Waals surface area contributed by atoms with Gasteiger partial charge < -0.3 is 4.90 Å². The summed E-state index contributed by atoms with van der Waals surface area (Å²) in [4.78, 5) is 11.6. The van der Waals surface area contributed by atoms with Gasteiger partial charge in [-0.25, -0.2) is 8.78 Å². The van der Waals surface area contributed by atoms with Crippen molar-refractivity contribution >= 4 is 16.1 Å². The number of halogens is 3. The number of likely N-dealkylation sites (tertiary alicyclic amines) is 1. The predicted octanol–water partition coefficient (Wildman–Crippen LogP) is 0.152. The minimum atomic E-state index is -4.81. The lowest BCUT2D eigenvalue weighted by Gasteiger charge is -2.14. The molecule has 1 aliphatic rings. The van der Waals surface area contributed by atoms with Crippen LogP contribution in [0.2, 0.25) is 0 Å². The number of carbonyl (C=O) groups is 1. The number of nitrogens with zero attached hydrogens (tertiary/aromatic N) is 1. The molecule has 0 saturated carbocycles. The average Bonchev–Trinajstić information content (AvgIpc) is 2.30. The van der Waals surface area contributed by atoms with Crippen LogP contribution in [0, 0.1) is 0 Å². The van der Waals surface area contributed by atoms with Crippen LogP contribution in [0.15, 0.2) is 0 Å². The summed E-state index contributed by atoms with van der Waals surface area (Å²) in [6.45, 7) is -1.33. The van der Waals surface area contributed by atoms with Crippen molar-refractivity contribution in [1.29, 1.82) is 0 Å². The minimum absolute atomic E-state index is 0.484. The molecule has 0 aromatic carbocycles. The second kappa shape index (κ2) is 3.76. The lowest BCUT2D eigenvalue weighted by molar-refractivity contribution is -0.129. The zero-order valence-electron chi connectivity index (χ0n) is 6.99. The van der Waals surface area contributed by atoms with Gasteiger partial charge in [-0.2, -0.15) is 8.42 Å². The summed E-state index contributed by atoms with van der Waals surface area (Å²) in [6.07, 6.45) is -3.29. The average molecular weight is 231 g/mol. The molecule has 1 heterocycles. The Morgan fingerprint density at radius 1 is 1.50 bits per heavy atom. The molecule has 0 aromatic heterocycles. The number of carbonyl (C=O) groups excluding carboxylic acids is 1. The van der Waals surface area contributed by atoms with Crippen LogP contribution in [0.3, 0.4) is 0 Å². The van der Waals surface area contributed by atoms with Gasteiger partial charge in [-0.3, -0.25) is 4.79 Å². The first-order valence-electron chi connectivity index (χ1n) is 3.80. The summed E-state index contributed by atoms with van der Waals surface area (Å²) < 4.78 is 56.8. The number of alkyl halides is 2. The highest BCUT2D eigenvalue weighted by Gasteiger charge is 2.39. The first kappa shape index (κ1) is 11.3. The Hall–Kier alpha value is -0.790. The molecule has 0 aromatic rings. The molecular weight excluding hydrogens is 223 g/mol. The van der Waals surface area contributed by atoms with E-state index in [0.29, 0.717) is 4.90 Å². The fraction of sp³-hybridized carbons (Fsp3) is 0.833. The van der Waals surface area contributed by atoms with Crippen LogP contribution >= 0.6 is 0 Å². The zero-order valence-corrected chi connectivity index (χ0v) is 7.81. The third-order valence-corrected chi connectivity index (χ3v) is 3.05. The molecular formula is C6H8F3NO3S. The van der Waals surface area contributed by atoms with Gasteiger partial charge in [0.15, 0.2) is 0 Å². The maximum atomic E-state index is 12.4. The molecule has 8 heteroatoms. The van der Waals surface area contributed by atoms with Crippen molar-refractivity contribution in [2.45, 2.75) is 18.1 Å². The molecule has 0 radical (unpaired) electrons. The SMILES string of the molecule is O=C1CC(S(=O)(=O)F)CN1CC(F)F. The maximum absolute atomic E-state index is 12.4. The fourth-order valence-corrected chi connectivity index (χ4v) is 1.97. The summed E-state index contributed by atoms with van der Waals surface area (Å²) in [5.41, 5.74) is 0. The van der Waals surface area contributed by atoms with E-state index in [1.807, 2.05) is 0 Å². The van der Waals surface area contributed by atoms with Gasteiger partial charge in [0, 0.05) is 13.0 Å². The van der Waals surface area contributed by atoms with Crippen LogP contribution in [0.4, 0.5) is 12.7 Å². The summed E-state index contributed by atoms with van der Waals surface area (Å²) in [7, 11) is -4.81. The third-order valence-electron chi connectivity index (χ3n) is 1.94. The van der Waals surface area contributed by atoms with Gasteiger partial charge in [0.1, 0.15) is 5.25 Å². The molecule has 4 nitrogen and oxygen atoms in total. The Morgan fingerprint density at radius 3 is 2.43 bits per heavy atom. The lowest BCUT2D eigenvalue weighted by Crippen LogP contribution is -2.31. The second-order valence-electron chi connectivity index (χ2n) is 2.99. The van der Waals surface area contributed by atoms with Crippen LogP contribution in [-0.4, -0.2) is 44.0 Å². The number of amides is 1. The van der Waals surface area contributed by atoms with Crippen molar-refractivity contribution in [2.75, 3.05) is 13.1 Å². The summed E-state index contributed by atoms with van der Waals surface area (Å²) >= 11 is 0. The largest absolute Gasteiger partial charge is 0.336 e. The van der Waals surface area contributed by atoms with Crippen molar-refractivity contribution in [3.63, 3.8) is 0 Å². The van der Waals surface area contributed by atoms with E-state index in [1.54, 1.807) is 0 Å². The first-order chi connectivity index (χ1) is 6.30. The van der Waals surface area contributed by atoms with Crippen LogP contribution in [0.1, 0.15) is 6.42 Å². The summed E-state index contributed by atoms with van der Waals surface area (Å²) in [6, 6.07) is 0. The molecule has 1 saturated heterocycles. The highest BCUT2D eigenvalue weighted by atomic mass is 32.3. The van der Waals surface area contributed by atoms with Crippen molar-refractivity contribution < 1.29 is 25.9 Å². The van der Waals surface area contributed by atoms with Gasteiger partial charge in [-0.15, -0.1) is 3.89 Å². The fourth-order valence-electron chi connectivity index (χ4n) is 1.27. The molecule has 14 heavy (non-hydrogen) atoms. The van der Waals surface area contributed by atoms with Gasteiger partial charge >= 0.3 is 10.2 Å². The maximum Gasteiger partial charge on any atom is 0.307 e. The molecule has 1 rings (SSSR count). The Kier molecular flexibility index (Phi) is 3.03. The molecule has 1 atom stereocenters. The molecule has 1 unspecified atom stereocenters. The second-order valence-corrected chi connectivity index (χ2v) is 4.61. The molecule has 0 bridgehead atoms. The zero-order chi connectivity index (χ0) is 10.9. The molecule has 0 spiro atoms. The minimum Gasteiger partial charge on any atom is -0.336 e. The van der Waals surface area contributed by atoms with Crippen LogP contribution in [0.5, 0.6) is 0 Å². The van der Waals surface area contributed by atoms with Crippen molar-refractivity contribution in [1.82, 2.24) is 4.90 Å². The number of hydrogen-bond donors (Lipinski definition) is 0. The Balaban J connectivity index is 2.65. The van der Waals surface area contributed by atoms with Gasteiger partial charge in [0.25, 0.3) is 6.43 Å². The van der Waals surface area contributed by atoms with E-state index in [2.05, 4.69) is 0 Å². The highest BCUT2D eigenvalue weighted by molar-refractivity contribution is 7.87. The summed E-state index contributed by atoms with van der Waals surface area (Å²) in [5, 5.41) is -1.49. The van der Waals surface area contributed by atoms with E-state index in [9.17, 15) is 25.9 Å². The summed E-state index contributed by atoms with van der Waals surface area (Å²) in [5.74, 6) is -0.753. The van der Waals surface area contributed by atoms with E-state index in [4.69, 9.17) is 0 Å². The normalized spacial score (nSPS) is 23.6. The standard InChI is InChI=1S/C6H8F3NO3S/c7-5(8)3-10-2-4(1-6(10)11)14(9,12)13/h4-5H,1-3H2. The highest BCUT2D eigenvalue weighted by Crippen LogP contribution is 2.20. The van der Waals surface area contributed by atoms with Crippen molar-refractivity contribution in [2.24, 2.45) is 0 Å². The molecule has 0 aliphatic carbocycles. The lowest BCUT2D eigenvalue weighted by atomic mass is 10.4. The van der Waals surface area contributed by atoms with E-state index >= 15 is 0 Å². The quantitative estimate of drug-likeness (QED) is 0.650. The topological polar surface area (TPSA) is 54.5 Å². The Bertz CT molecular complexity index is 329. The number of hydrogen-bond acceptors (Lipinski definition) is 3. The monoisotopic (exact) mass is 231 g/mol. The van der Waals surface area contributed by atoms with Gasteiger partial charge in [-0.1, -0.05) is 0 Å². The van der Waals surface area contributed by atoms with E-state index in [0.717, 1.165) is 0 Å². The van der Waals surface area contributed by atoms with E-state index < -0.39 is 47.3 Å².